The minimum Gasteiger partial charge on any atom is -1.00 e. The van der Waals surface area contributed by atoms with Gasteiger partial charge in [0.1, 0.15) is 11.5 Å². The summed E-state index contributed by atoms with van der Waals surface area (Å²) < 4.78 is 32.6. The summed E-state index contributed by atoms with van der Waals surface area (Å²) in [5.74, 6) is 0.0287. The van der Waals surface area contributed by atoms with Crippen LogP contribution in [0.25, 0.3) is 0 Å². The second-order valence-corrected chi connectivity index (χ2v) is 4.79. The topological polar surface area (TPSA) is 95.7 Å². The number of para-hydroxylation sites is 1. The Balaban J connectivity index is 0.00000220. The second kappa shape index (κ2) is 7.87. The summed E-state index contributed by atoms with van der Waals surface area (Å²) in [7, 11) is -4.29. The van der Waals surface area contributed by atoms with Gasteiger partial charge in [0.2, 0.25) is 0 Å². The van der Waals surface area contributed by atoms with Gasteiger partial charge in [-0.2, -0.15) is 0 Å². The van der Waals surface area contributed by atoms with Gasteiger partial charge >= 0.3 is 61.8 Å². The summed E-state index contributed by atoms with van der Waals surface area (Å²) in [6, 6.07) is 12.4. The Morgan fingerprint density at radius 2 is 1.38 bits per heavy atom. The molecular formula is C12H10KNO6S. The molecule has 0 saturated carbocycles. The monoisotopic (exact) mass is 335 g/mol. The number of nitro benzene ring substituents is 1. The van der Waals surface area contributed by atoms with E-state index >= 15 is 0 Å². The van der Waals surface area contributed by atoms with Gasteiger partial charge in [-0.05, 0) is 24.3 Å². The molecule has 2 aromatic rings. The fourth-order valence-corrected chi connectivity index (χ4v) is 2.08. The quantitative estimate of drug-likeness (QED) is 0.412. The average molecular weight is 335 g/mol. The van der Waals surface area contributed by atoms with E-state index in [1.54, 1.807) is 18.2 Å². The molecule has 0 aliphatic heterocycles. The molecule has 0 unspecified atom stereocenters. The Labute approximate surface area is 165 Å². The van der Waals surface area contributed by atoms with Gasteiger partial charge in [0, 0.05) is 12.1 Å². The summed E-state index contributed by atoms with van der Waals surface area (Å²) in [4.78, 5) is 9.86. The zero-order valence-corrected chi connectivity index (χ0v) is 14.9. The number of hydrogen-bond acceptors (Lipinski definition) is 6. The van der Waals surface area contributed by atoms with Crippen LogP contribution in [0, 0.1) is 10.1 Å². The van der Waals surface area contributed by atoms with E-state index < -0.39 is 15.3 Å². The van der Waals surface area contributed by atoms with Crippen molar-refractivity contribution in [2.24, 2.45) is 0 Å². The van der Waals surface area contributed by atoms with E-state index in [-0.39, 0.29) is 70.0 Å². The van der Waals surface area contributed by atoms with Crippen molar-refractivity contribution in [2.45, 2.75) is 0 Å². The van der Waals surface area contributed by atoms with Crippen LogP contribution in [0.2, 0.25) is 0 Å². The van der Waals surface area contributed by atoms with Gasteiger partial charge in [0.15, 0.2) is 0 Å². The Bertz CT molecular complexity index is 708. The number of rotatable bonds is 5. The first-order chi connectivity index (χ1) is 9.46. The molecule has 0 saturated heterocycles. The van der Waals surface area contributed by atoms with E-state index in [0.717, 1.165) is 12.1 Å². The number of hydrogen-bond donors (Lipinski definition) is 0. The third kappa shape index (κ3) is 5.73. The number of benzene rings is 2. The molecule has 0 spiro atoms. The fraction of sp³-hybridized carbons (Fsp3) is 0. The molecule has 0 N–H and O–H groups in total. The van der Waals surface area contributed by atoms with E-state index in [0.29, 0.717) is 0 Å². The first kappa shape index (κ1) is 18.1. The second-order valence-electron chi connectivity index (χ2n) is 3.64. The van der Waals surface area contributed by atoms with Gasteiger partial charge < -0.3 is 9.79 Å². The predicted octanol–water partition coefficient (Wildman–Crippen LogP) is -0.586. The summed E-state index contributed by atoms with van der Waals surface area (Å²) >= 11 is 0. The molecule has 0 fully saturated rings. The molecule has 2 aromatic carbocycles. The van der Waals surface area contributed by atoms with Gasteiger partial charge in [0.05, 0.1) is 4.92 Å². The van der Waals surface area contributed by atoms with Crippen molar-refractivity contribution >= 4 is 16.1 Å². The molecule has 9 heteroatoms. The van der Waals surface area contributed by atoms with Crippen LogP contribution >= 0.6 is 0 Å². The van der Waals surface area contributed by atoms with Crippen molar-refractivity contribution in [3.8, 4) is 11.5 Å². The molecule has 0 amide bonds. The largest absolute Gasteiger partial charge is 1.00 e. The fourth-order valence-electron chi connectivity index (χ4n) is 1.35. The smallest absolute Gasteiger partial charge is 1.00 e. The predicted molar refractivity (Wildman–Crippen MR) is 70.8 cm³/mol. The van der Waals surface area contributed by atoms with Crippen molar-refractivity contribution in [1.29, 1.82) is 0 Å². The van der Waals surface area contributed by atoms with E-state index in [4.69, 9.17) is 4.18 Å². The summed E-state index contributed by atoms with van der Waals surface area (Å²) in [6.07, 6.45) is 0. The van der Waals surface area contributed by atoms with Crippen LogP contribution < -0.4 is 59.8 Å². The first-order valence-corrected chi connectivity index (χ1v) is 6.73. The van der Waals surface area contributed by atoms with E-state index in [2.05, 4.69) is 4.18 Å². The van der Waals surface area contributed by atoms with Crippen molar-refractivity contribution in [2.75, 3.05) is 0 Å². The molecule has 0 radical (unpaired) electrons. The van der Waals surface area contributed by atoms with Crippen LogP contribution in [0.5, 0.6) is 11.5 Å². The maximum absolute atomic E-state index is 11.6. The van der Waals surface area contributed by atoms with Crippen LogP contribution in [-0.2, 0) is 10.4 Å². The Kier molecular flexibility index (Phi) is 6.78. The number of nitro groups is 1. The molecule has 0 aromatic heterocycles. The van der Waals surface area contributed by atoms with Gasteiger partial charge in [-0.1, -0.05) is 18.2 Å². The molecule has 21 heavy (non-hydrogen) atoms. The molecule has 106 valence electrons. The molecule has 0 heterocycles. The molecule has 2 rings (SSSR count). The SMILES string of the molecule is O=[N+]([O-])c1ccc(OS(=O)(=O)Oc2ccccc2)cc1.[H-].[K+]. The van der Waals surface area contributed by atoms with Crippen LogP contribution in [0.15, 0.2) is 54.6 Å². The van der Waals surface area contributed by atoms with Crippen molar-refractivity contribution in [3.63, 3.8) is 0 Å². The molecule has 0 atom stereocenters. The van der Waals surface area contributed by atoms with Crippen LogP contribution in [0.1, 0.15) is 1.43 Å². The van der Waals surface area contributed by atoms with E-state index in [9.17, 15) is 18.5 Å². The van der Waals surface area contributed by atoms with Gasteiger partial charge in [0.25, 0.3) is 5.69 Å². The molecule has 0 aliphatic rings. The number of nitrogens with zero attached hydrogens (tertiary/aromatic N) is 1. The van der Waals surface area contributed by atoms with E-state index in [1.807, 2.05) is 0 Å². The third-order valence-electron chi connectivity index (χ3n) is 2.19. The summed E-state index contributed by atoms with van der Waals surface area (Å²) in [6.45, 7) is 0. The van der Waals surface area contributed by atoms with Crippen LogP contribution in [0.4, 0.5) is 5.69 Å². The average Bonchev–Trinajstić information content (AvgIpc) is 2.39. The van der Waals surface area contributed by atoms with Gasteiger partial charge in [-0.3, -0.25) is 10.1 Å². The Morgan fingerprint density at radius 3 is 1.86 bits per heavy atom. The van der Waals surface area contributed by atoms with Crippen molar-refractivity contribution in [1.82, 2.24) is 0 Å². The maximum atomic E-state index is 11.6. The summed E-state index contributed by atoms with van der Waals surface area (Å²) in [5.41, 5.74) is -0.168. The maximum Gasteiger partial charge on any atom is 1.00 e. The van der Waals surface area contributed by atoms with Crippen molar-refractivity contribution < 1.29 is 74.5 Å². The molecule has 7 nitrogen and oxygen atoms in total. The summed E-state index contributed by atoms with van der Waals surface area (Å²) in [5, 5.41) is 10.5. The van der Waals surface area contributed by atoms with Crippen molar-refractivity contribution in [3.05, 3.63) is 64.7 Å². The minimum absolute atomic E-state index is 0. The zero-order chi connectivity index (χ0) is 14.6. The zero-order valence-electron chi connectivity index (χ0n) is 12.0. The van der Waals surface area contributed by atoms with Gasteiger partial charge in [-0.15, -0.1) is 8.42 Å². The minimum atomic E-state index is -4.29. The Hall–Kier alpha value is -0.974. The third-order valence-corrected chi connectivity index (χ3v) is 2.98. The normalized spacial score (nSPS) is 10.3. The van der Waals surface area contributed by atoms with Crippen LogP contribution in [0.3, 0.4) is 0 Å². The molecular weight excluding hydrogens is 325 g/mol. The van der Waals surface area contributed by atoms with E-state index in [1.165, 1.54) is 24.3 Å². The first-order valence-electron chi connectivity index (χ1n) is 5.40. The van der Waals surface area contributed by atoms with Crippen LogP contribution in [-0.4, -0.2) is 13.3 Å². The number of non-ortho nitro benzene ring substituents is 1. The van der Waals surface area contributed by atoms with Gasteiger partial charge in [-0.25, -0.2) is 0 Å². The standard InChI is InChI=1S/C12H9NO6S.K.H/c14-13(15)10-6-8-12(9-7-10)19-20(16,17)18-11-4-2-1-3-5-11;;/h1-9H;;/q;+1;-1. The molecule has 0 bridgehead atoms. The molecule has 0 aliphatic carbocycles. The Morgan fingerprint density at radius 1 is 0.905 bits per heavy atom.